The molecule has 0 aliphatic heterocycles. The number of hydrogen-bond acceptors (Lipinski definition) is 6. The highest BCUT2D eigenvalue weighted by Crippen LogP contribution is 2.24. The van der Waals surface area contributed by atoms with Gasteiger partial charge in [-0.25, -0.2) is 4.79 Å². The number of ether oxygens (including phenoxy) is 3. The highest BCUT2D eigenvalue weighted by molar-refractivity contribution is 6.06. The van der Waals surface area contributed by atoms with Crippen LogP contribution in [-0.4, -0.2) is 61.5 Å². The van der Waals surface area contributed by atoms with Crippen molar-refractivity contribution < 1.29 is 28.6 Å². The van der Waals surface area contributed by atoms with E-state index in [1.807, 2.05) is 0 Å². The van der Waals surface area contributed by atoms with Crippen LogP contribution >= 0.6 is 0 Å². The van der Waals surface area contributed by atoms with Gasteiger partial charge >= 0.3 is 5.97 Å². The van der Waals surface area contributed by atoms with E-state index < -0.39 is 5.97 Å². The van der Waals surface area contributed by atoms with Crippen molar-refractivity contribution in [3.05, 3.63) is 46.3 Å². The number of ketones is 1. The molecule has 1 amide bonds. The highest BCUT2D eigenvalue weighted by Gasteiger charge is 2.26. The molecule has 2 rings (SSSR count). The van der Waals surface area contributed by atoms with E-state index in [9.17, 15) is 14.4 Å². The smallest absolute Gasteiger partial charge is 0.355 e. The van der Waals surface area contributed by atoms with Crippen LogP contribution in [0, 0.1) is 13.8 Å². The number of hydrogen-bond donors (Lipinski definition) is 1. The van der Waals surface area contributed by atoms with Crippen LogP contribution in [0.3, 0.4) is 0 Å². The maximum absolute atomic E-state index is 13.0. The zero-order chi connectivity index (χ0) is 22.4. The first-order chi connectivity index (χ1) is 14.3. The Balaban J connectivity index is 2.29. The number of aryl methyl sites for hydroxylation is 1. The number of aromatic amines is 1. The van der Waals surface area contributed by atoms with E-state index in [-0.39, 0.29) is 30.5 Å². The van der Waals surface area contributed by atoms with Gasteiger partial charge in [0.1, 0.15) is 17.2 Å². The molecule has 8 heteroatoms. The molecule has 0 unspecified atom stereocenters. The number of methoxy groups -OCH3 is 2. The number of carbonyl (C=O) groups excluding carboxylic acids is 3. The predicted octanol–water partition coefficient (Wildman–Crippen LogP) is 3.17. The number of esters is 1. The molecule has 0 saturated heterocycles. The van der Waals surface area contributed by atoms with E-state index in [2.05, 4.69) is 4.98 Å². The van der Waals surface area contributed by atoms with Crippen LogP contribution in [0.1, 0.15) is 56.3 Å². The van der Waals surface area contributed by atoms with Crippen LogP contribution in [0.2, 0.25) is 0 Å². The van der Waals surface area contributed by atoms with Gasteiger partial charge in [-0.15, -0.1) is 0 Å². The van der Waals surface area contributed by atoms with E-state index in [1.165, 1.54) is 19.1 Å². The summed E-state index contributed by atoms with van der Waals surface area (Å²) in [5.74, 6) is -0.126. The summed E-state index contributed by atoms with van der Waals surface area (Å²) in [7, 11) is 3.01. The SMILES string of the molecule is CCOC(=O)c1[nH]c(C)c(C(=O)CN(CC)C(=O)c2cc(OC)cc(OC)c2)c1C. The molecule has 2 aromatic rings. The number of nitrogens with one attached hydrogen (secondary N) is 1. The summed E-state index contributed by atoms with van der Waals surface area (Å²) in [6.45, 7) is 7.36. The third-order valence-corrected chi connectivity index (χ3v) is 4.80. The van der Waals surface area contributed by atoms with Crippen LogP contribution in [0.25, 0.3) is 0 Å². The third kappa shape index (κ3) is 4.82. The molecule has 1 aromatic heterocycles. The first-order valence-corrected chi connectivity index (χ1v) is 9.69. The minimum Gasteiger partial charge on any atom is -0.497 e. The molecule has 0 bridgehead atoms. The average Bonchev–Trinajstić information content (AvgIpc) is 3.05. The van der Waals surface area contributed by atoms with Gasteiger partial charge in [-0.3, -0.25) is 9.59 Å². The monoisotopic (exact) mass is 416 g/mol. The minimum absolute atomic E-state index is 0.128. The molecular formula is C22H28N2O6. The maximum atomic E-state index is 13.0. The fourth-order valence-electron chi connectivity index (χ4n) is 3.27. The summed E-state index contributed by atoms with van der Waals surface area (Å²) < 4.78 is 15.5. The number of rotatable bonds is 9. The molecule has 0 radical (unpaired) electrons. The minimum atomic E-state index is -0.510. The van der Waals surface area contributed by atoms with Gasteiger partial charge in [-0.1, -0.05) is 0 Å². The third-order valence-electron chi connectivity index (χ3n) is 4.80. The number of carbonyl (C=O) groups is 3. The Morgan fingerprint density at radius 3 is 2.10 bits per heavy atom. The molecule has 1 N–H and O–H groups in total. The Labute approximate surface area is 176 Å². The van der Waals surface area contributed by atoms with Gasteiger partial charge in [0.05, 0.1) is 27.4 Å². The van der Waals surface area contributed by atoms with Crippen LogP contribution in [-0.2, 0) is 4.74 Å². The summed E-state index contributed by atoms with van der Waals surface area (Å²) in [6, 6.07) is 4.87. The van der Waals surface area contributed by atoms with Crippen molar-refractivity contribution in [1.82, 2.24) is 9.88 Å². The van der Waals surface area contributed by atoms with Crippen LogP contribution in [0.15, 0.2) is 18.2 Å². The fraction of sp³-hybridized carbons (Fsp3) is 0.409. The number of amides is 1. The van der Waals surface area contributed by atoms with E-state index in [4.69, 9.17) is 14.2 Å². The lowest BCUT2D eigenvalue weighted by Gasteiger charge is -2.21. The highest BCUT2D eigenvalue weighted by atomic mass is 16.5. The second kappa shape index (κ2) is 9.96. The Morgan fingerprint density at radius 2 is 1.60 bits per heavy atom. The zero-order valence-corrected chi connectivity index (χ0v) is 18.3. The molecule has 162 valence electrons. The summed E-state index contributed by atoms with van der Waals surface area (Å²) in [5, 5.41) is 0. The van der Waals surface area contributed by atoms with E-state index in [0.29, 0.717) is 40.4 Å². The van der Waals surface area contributed by atoms with Gasteiger partial charge in [0.2, 0.25) is 0 Å². The van der Waals surface area contributed by atoms with Crippen molar-refractivity contribution in [2.45, 2.75) is 27.7 Å². The Kier molecular flexibility index (Phi) is 7.63. The Bertz CT molecular complexity index is 925. The topological polar surface area (TPSA) is 97.9 Å². The number of H-pyrrole nitrogens is 1. The summed E-state index contributed by atoms with van der Waals surface area (Å²) in [6.07, 6.45) is 0. The summed E-state index contributed by atoms with van der Waals surface area (Å²) >= 11 is 0. The number of likely N-dealkylation sites (N-methyl/N-ethyl adjacent to an activating group) is 1. The fourth-order valence-corrected chi connectivity index (χ4v) is 3.27. The first-order valence-electron chi connectivity index (χ1n) is 9.69. The molecule has 0 fully saturated rings. The first kappa shape index (κ1) is 23.0. The number of benzene rings is 1. The normalized spacial score (nSPS) is 10.5. The van der Waals surface area contributed by atoms with Crippen LogP contribution < -0.4 is 9.47 Å². The van der Waals surface area contributed by atoms with Gasteiger partial charge in [-0.05, 0) is 45.4 Å². The zero-order valence-electron chi connectivity index (χ0n) is 18.3. The van der Waals surface area contributed by atoms with E-state index in [0.717, 1.165) is 0 Å². The Hall–Kier alpha value is -3.29. The van der Waals surface area contributed by atoms with Gasteiger partial charge < -0.3 is 24.1 Å². The molecule has 1 heterocycles. The van der Waals surface area contributed by atoms with E-state index in [1.54, 1.807) is 45.9 Å². The van der Waals surface area contributed by atoms with Crippen molar-refractivity contribution >= 4 is 17.7 Å². The van der Waals surface area contributed by atoms with Gasteiger partial charge in [0, 0.05) is 29.4 Å². The van der Waals surface area contributed by atoms with Crippen molar-refractivity contribution in [1.29, 1.82) is 0 Å². The van der Waals surface area contributed by atoms with Gasteiger partial charge in [0.25, 0.3) is 5.91 Å². The molecular weight excluding hydrogens is 388 g/mol. The van der Waals surface area contributed by atoms with Crippen molar-refractivity contribution in [2.75, 3.05) is 33.9 Å². The van der Waals surface area contributed by atoms with Gasteiger partial charge in [-0.2, -0.15) is 0 Å². The molecule has 1 aromatic carbocycles. The second-order valence-electron chi connectivity index (χ2n) is 6.69. The van der Waals surface area contributed by atoms with Gasteiger partial charge in [0.15, 0.2) is 5.78 Å². The lowest BCUT2D eigenvalue weighted by molar-refractivity contribution is 0.0519. The number of aromatic nitrogens is 1. The number of Topliss-reactive ketones (excluding diaryl/α,β-unsaturated/α-hetero) is 1. The van der Waals surface area contributed by atoms with Crippen LogP contribution in [0.4, 0.5) is 0 Å². The summed E-state index contributed by atoms with van der Waals surface area (Å²) in [5.41, 5.74) is 2.09. The van der Waals surface area contributed by atoms with Crippen LogP contribution in [0.5, 0.6) is 11.5 Å². The van der Waals surface area contributed by atoms with Crippen molar-refractivity contribution in [3.63, 3.8) is 0 Å². The molecule has 0 spiro atoms. The van der Waals surface area contributed by atoms with E-state index >= 15 is 0 Å². The quantitative estimate of drug-likeness (QED) is 0.498. The lowest BCUT2D eigenvalue weighted by atomic mass is 10.0. The lowest BCUT2D eigenvalue weighted by Crippen LogP contribution is -2.36. The van der Waals surface area contributed by atoms with Crippen molar-refractivity contribution in [2.24, 2.45) is 0 Å². The van der Waals surface area contributed by atoms with Crippen molar-refractivity contribution in [3.8, 4) is 11.5 Å². The predicted molar refractivity (Wildman–Crippen MR) is 112 cm³/mol. The molecule has 0 aliphatic rings. The maximum Gasteiger partial charge on any atom is 0.355 e. The molecule has 30 heavy (non-hydrogen) atoms. The molecule has 0 aliphatic carbocycles. The largest absolute Gasteiger partial charge is 0.497 e. The molecule has 8 nitrogen and oxygen atoms in total. The summed E-state index contributed by atoms with van der Waals surface area (Å²) in [4.78, 5) is 42.5. The molecule has 0 saturated carbocycles. The number of nitrogens with zero attached hydrogens (tertiary/aromatic N) is 1. The molecule has 0 atom stereocenters. The second-order valence-corrected chi connectivity index (χ2v) is 6.69. The standard InChI is InChI=1S/C22H28N2O6/c1-7-24(21(26)15-9-16(28-5)11-17(10-15)29-6)12-18(25)19-13(3)20(23-14(19)4)22(27)30-8-2/h9-11,23H,7-8,12H2,1-6H3. The average molecular weight is 416 g/mol. The Morgan fingerprint density at radius 1 is 1.00 bits per heavy atom.